The number of hydrogen-bond acceptors (Lipinski definition) is 1. The second-order valence-corrected chi connectivity index (χ2v) is 5.77. The van der Waals surface area contributed by atoms with Gasteiger partial charge in [-0.05, 0) is 32.6 Å². The lowest BCUT2D eigenvalue weighted by molar-refractivity contribution is 0.671. The molecule has 1 heteroatoms. The lowest BCUT2D eigenvalue weighted by Crippen LogP contribution is -2.16. The first-order valence-corrected chi connectivity index (χ1v) is 5.48. The van der Waals surface area contributed by atoms with E-state index in [1.807, 2.05) is 0 Å². The molecule has 0 spiro atoms. The Kier molecular flexibility index (Phi) is 3.28. The first kappa shape index (κ1) is 10.9. The average molecular weight is 196 g/mol. The number of rotatable bonds is 2. The molecule has 0 amide bonds. The van der Waals surface area contributed by atoms with Crippen molar-refractivity contribution in [1.82, 2.24) is 0 Å². The highest BCUT2D eigenvalue weighted by atomic mass is 32.1. The largest absolute Gasteiger partial charge is 0.169 e. The lowest BCUT2D eigenvalue weighted by atomic mass is 9.87. The Morgan fingerprint density at radius 3 is 2.15 bits per heavy atom. The van der Waals surface area contributed by atoms with Crippen LogP contribution in [0.25, 0.3) is 0 Å². The van der Waals surface area contributed by atoms with Gasteiger partial charge in [-0.3, -0.25) is 0 Å². The molecular weight excluding hydrogens is 176 g/mol. The van der Waals surface area contributed by atoms with Gasteiger partial charge in [-0.25, -0.2) is 0 Å². The molecule has 0 aliphatic heterocycles. The first-order chi connectivity index (χ1) is 5.91. The van der Waals surface area contributed by atoms with Gasteiger partial charge in [-0.2, -0.15) is 12.6 Å². The molecule has 1 aliphatic carbocycles. The fourth-order valence-corrected chi connectivity index (χ4v) is 1.83. The van der Waals surface area contributed by atoms with E-state index in [0.29, 0.717) is 5.92 Å². The Bertz CT molecular complexity index is 238. The van der Waals surface area contributed by atoms with Crippen LogP contribution in [-0.2, 0) is 0 Å². The molecule has 1 rings (SSSR count). The third-order valence-corrected chi connectivity index (χ3v) is 3.00. The van der Waals surface area contributed by atoms with Gasteiger partial charge in [0.1, 0.15) is 0 Å². The summed E-state index contributed by atoms with van der Waals surface area (Å²) in [5, 5.41) is 0. The van der Waals surface area contributed by atoms with Gasteiger partial charge in [0.15, 0.2) is 0 Å². The normalized spacial score (nSPS) is 18.6. The number of hydrogen-bond donors (Lipinski definition) is 1. The van der Waals surface area contributed by atoms with E-state index in [-0.39, 0.29) is 4.75 Å². The third kappa shape index (κ3) is 2.91. The summed E-state index contributed by atoms with van der Waals surface area (Å²) in [7, 11) is 0. The summed E-state index contributed by atoms with van der Waals surface area (Å²) in [6.45, 7) is 8.85. The van der Waals surface area contributed by atoms with Crippen molar-refractivity contribution >= 4 is 12.6 Å². The molecule has 0 nitrogen and oxygen atoms in total. The minimum absolute atomic E-state index is 0.0546. The molecule has 0 radical (unpaired) electrons. The standard InChI is InChI=1S/C12H20S/c1-9(2)10-5-7-11(8-6-10)12(3,4)13/h5,7,9,13H,6,8H2,1-4H3. The Morgan fingerprint density at radius 1 is 1.23 bits per heavy atom. The van der Waals surface area contributed by atoms with Gasteiger partial charge in [0.25, 0.3) is 0 Å². The maximum Gasteiger partial charge on any atom is 0.0284 e. The van der Waals surface area contributed by atoms with Crippen molar-refractivity contribution in [1.29, 1.82) is 0 Å². The van der Waals surface area contributed by atoms with Gasteiger partial charge in [-0.1, -0.05) is 37.1 Å². The SMILES string of the molecule is CC(C)C1=CC=C(C(C)(C)S)CC1. The second-order valence-electron chi connectivity index (χ2n) is 4.65. The molecule has 0 bridgehead atoms. The van der Waals surface area contributed by atoms with Crippen molar-refractivity contribution in [2.75, 3.05) is 0 Å². The van der Waals surface area contributed by atoms with Gasteiger partial charge in [0, 0.05) is 4.75 Å². The van der Waals surface area contributed by atoms with Crippen LogP contribution in [0.3, 0.4) is 0 Å². The van der Waals surface area contributed by atoms with Crippen molar-refractivity contribution in [3.05, 3.63) is 23.3 Å². The molecule has 0 unspecified atom stereocenters. The van der Waals surface area contributed by atoms with Gasteiger partial charge in [0.2, 0.25) is 0 Å². The maximum absolute atomic E-state index is 4.58. The van der Waals surface area contributed by atoms with E-state index in [1.165, 1.54) is 18.4 Å². The van der Waals surface area contributed by atoms with E-state index in [4.69, 9.17) is 0 Å². The summed E-state index contributed by atoms with van der Waals surface area (Å²) in [6.07, 6.45) is 6.93. The maximum atomic E-state index is 4.58. The van der Waals surface area contributed by atoms with Crippen molar-refractivity contribution in [2.24, 2.45) is 5.92 Å². The van der Waals surface area contributed by atoms with Crippen LogP contribution in [0.1, 0.15) is 40.5 Å². The van der Waals surface area contributed by atoms with E-state index in [9.17, 15) is 0 Å². The quantitative estimate of drug-likeness (QED) is 0.634. The van der Waals surface area contributed by atoms with E-state index in [0.717, 1.165) is 0 Å². The predicted octanol–water partition coefficient (Wildman–Crippen LogP) is 4.00. The summed E-state index contributed by atoms with van der Waals surface area (Å²) in [6, 6.07) is 0. The Morgan fingerprint density at radius 2 is 1.85 bits per heavy atom. The molecule has 0 saturated carbocycles. The molecule has 0 fully saturated rings. The summed E-state index contributed by atoms with van der Waals surface area (Å²) in [5.41, 5.74) is 3.03. The van der Waals surface area contributed by atoms with Crippen molar-refractivity contribution < 1.29 is 0 Å². The van der Waals surface area contributed by atoms with Crippen molar-refractivity contribution in [3.63, 3.8) is 0 Å². The topological polar surface area (TPSA) is 0 Å². The summed E-state index contributed by atoms with van der Waals surface area (Å²) < 4.78 is 0.0546. The zero-order valence-electron chi connectivity index (χ0n) is 9.09. The highest BCUT2D eigenvalue weighted by molar-refractivity contribution is 7.82. The van der Waals surface area contributed by atoms with Gasteiger partial charge < -0.3 is 0 Å². The lowest BCUT2D eigenvalue weighted by Gasteiger charge is -2.26. The van der Waals surface area contributed by atoms with Gasteiger partial charge >= 0.3 is 0 Å². The van der Waals surface area contributed by atoms with E-state index in [1.54, 1.807) is 5.57 Å². The van der Waals surface area contributed by atoms with Crippen molar-refractivity contribution in [2.45, 2.75) is 45.3 Å². The van der Waals surface area contributed by atoms with E-state index >= 15 is 0 Å². The van der Waals surface area contributed by atoms with Crippen LogP contribution in [0.15, 0.2) is 23.3 Å². The molecule has 0 aromatic heterocycles. The van der Waals surface area contributed by atoms with Crippen LogP contribution in [0.5, 0.6) is 0 Å². The molecule has 13 heavy (non-hydrogen) atoms. The zero-order chi connectivity index (χ0) is 10.1. The molecule has 0 aromatic rings. The highest BCUT2D eigenvalue weighted by Gasteiger charge is 2.20. The minimum Gasteiger partial charge on any atom is -0.169 e. The van der Waals surface area contributed by atoms with E-state index in [2.05, 4.69) is 52.5 Å². The van der Waals surface area contributed by atoms with Crippen LogP contribution < -0.4 is 0 Å². The smallest absolute Gasteiger partial charge is 0.0284 e. The van der Waals surface area contributed by atoms with Crippen LogP contribution in [-0.4, -0.2) is 4.75 Å². The summed E-state index contributed by atoms with van der Waals surface area (Å²) >= 11 is 4.58. The molecule has 0 N–H and O–H groups in total. The monoisotopic (exact) mass is 196 g/mol. The van der Waals surface area contributed by atoms with Crippen molar-refractivity contribution in [3.8, 4) is 0 Å². The Labute approximate surface area is 87.5 Å². The summed E-state index contributed by atoms with van der Waals surface area (Å²) in [5.74, 6) is 0.695. The summed E-state index contributed by atoms with van der Waals surface area (Å²) in [4.78, 5) is 0. The predicted molar refractivity (Wildman–Crippen MR) is 63.3 cm³/mol. The average Bonchev–Trinajstić information content (AvgIpc) is 2.03. The van der Waals surface area contributed by atoms with Crippen LogP contribution >= 0.6 is 12.6 Å². The van der Waals surface area contributed by atoms with E-state index < -0.39 is 0 Å². The fraction of sp³-hybridized carbons (Fsp3) is 0.667. The van der Waals surface area contributed by atoms with Gasteiger partial charge in [-0.15, -0.1) is 0 Å². The Hall–Kier alpha value is -0.170. The van der Waals surface area contributed by atoms with Crippen LogP contribution in [0, 0.1) is 5.92 Å². The highest BCUT2D eigenvalue weighted by Crippen LogP contribution is 2.33. The Balaban J connectivity index is 2.77. The third-order valence-electron chi connectivity index (χ3n) is 2.71. The second kappa shape index (κ2) is 3.91. The zero-order valence-corrected chi connectivity index (χ0v) is 9.99. The molecule has 1 aliphatic rings. The van der Waals surface area contributed by atoms with Crippen LogP contribution in [0.2, 0.25) is 0 Å². The molecular formula is C12H20S. The minimum atomic E-state index is 0.0546. The molecule has 0 aromatic carbocycles. The first-order valence-electron chi connectivity index (χ1n) is 5.03. The number of thiol groups is 1. The molecule has 0 heterocycles. The molecule has 0 saturated heterocycles. The molecule has 0 atom stereocenters. The molecule has 74 valence electrons. The van der Waals surface area contributed by atoms with Gasteiger partial charge in [0.05, 0.1) is 0 Å². The van der Waals surface area contributed by atoms with Crippen LogP contribution in [0.4, 0.5) is 0 Å². The fourth-order valence-electron chi connectivity index (χ4n) is 1.64. The number of allylic oxidation sites excluding steroid dienone is 3.